The number of Topliss-reactive ketones (excluding diaryl/α,β-unsaturated/α-hetero) is 1. The van der Waals surface area contributed by atoms with Crippen LogP contribution in [0.4, 0.5) is 0 Å². The topological polar surface area (TPSA) is 17.1 Å². The Hall–Kier alpha value is -0.993. The molecule has 0 amide bonds. The predicted molar refractivity (Wildman–Crippen MR) is 47.7 cm³/mol. The lowest BCUT2D eigenvalue weighted by molar-refractivity contribution is -0.114. The number of ketones is 1. The molecule has 0 heterocycles. The number of rotatable bonds is 1. The zero-order valence-corrected chi connectivity index (χ0v) is 8.02. The normalized spacial score (nSPS) is 15.0. The lowest BCUT2D eigenvalue weighted by Gasteiger charge is -1.77. The van der Waals surface area contributed by atoms with Crippen molar-refractivity contribution in [1.29, 1.82) is 0 Å². The summed E-state index contributed by atoms with van der Waals surface area (Å²) in [5.74, 6) is 8.13. The molecule has 2 heteroatoms. The van der Waals surface area contributed by atoms with Gasteiger partial charge in [0.05, 0.1) is 0 Å². The summed E-state index contributed by atoms with van der Waals surface area (Å²) in [5, 5.41) is 0. The van der Waals surface area contributed by atoms with Crippen molar-refractivity contribution < 1.29 is 4.79 Å². The van der Waals surface area contributed by atoms with E-state index >= 15 is 0 Å². The predicted octanol–water partition coefficient (Wildman–Crippen LogP) is 0.147. The highest BCUT2D eigenvalue weighted by Gasteiger charge is 2.27. The zero-order chi connectivity index (χ0) is 8.10. The fourth-order valence-electron chi connectivity index (χ4n) is 0.673. The van der Waals surface area contributed by atoms with Crippen LogP contribution in [0.25, 0.3) is 0 Å². The average Bonchev–Trinajstić information content (AvgIpc) is 2.79. The van der Waals surface area contributed by atoms with Crippen molar-refractivity contribution in [2.24, 2.45) is 5.92 Å². The van der Waals surface area contributed by atoms with E-state index in [0.717, 1.165) is 12.8 Å². The van der Waals surface area contributed by atoms with Crippen molar-refractivity contribution in [1.82, 2.24) is 0 Å². The molecule has 0 aliphatic heterocycles. The second-order valence-corrected chi connectivity index (χ2v) is 3.60. The number of hydrogen-bond donors (Lipinski definition) is 0. The van der Waals surface area contributed by atoms with Gasteiger partial charge in [-0.2, -0.15) is 0 Å². The van der Waals surface area contributed by atoms with Gasteiger partial charge in [-0.05, 0) is 30.6 Å². The first-order chi connectivity index (χ1) is 5.34. The lowest BCUT2D eigenvalue weighted by atomic mass is 10.3. The Labute approximate surface area is 69.4 Å². The van der Waals surface area contributed by atoms with Crippen LogP contribution < -0.4 is 0 Å². The highest BCUT2D eigenvalue weighted by molar-refractivity contribution is 6.44. The van der Waals surface area contributed by atoms with Gasteiger partial charge in [0.1, 0.15) is 9.52 Å². The molecular formula is C9H10OSi. The van der Waals surface area contributed by atoms with E-state index in [2.05, 4.69) is 29.9 Å². The van der Waals surface area contributed by atoms with E-state index in [0.29, 0.717) is 0 Å². The highest BCUT2D eigenvalue weighted by atomic mass is 28.2. The number of carbonyl (C=O) groups is 1. The minimum Gasteiger partial charge on any atom is -0.285 e. The van der Waals surface area contributed by atoms with Crippen molar-refractivity contribution in [3.63, 3.8) is 0 Å². The highest BCUT2D eigenvalue weighted by Crippen LogP contribution is 2.29. The molecule has 1 saturated carbocycles. The van der Waals surface area contributed by atoms with Crippen LogP contribution in [0.5, 0.6) is 0 Å². The van der Waals surface area contributed by atoms with E-state index in [9.17, 15) is 4.79 Å². The Morgan fingerprint density at radius 1 is 1.45 bits per heavy atom. The first-order valence-corrected chi connectivity index (χ1v) is 5.99. The van der Waals surface area contributed by atoms with Crippen LogP contribution in [0.1, 0.15) is 12.8 Å². The van der Waals surface area contributed by atoms with Gasteiger partial charge in [0.2, 0.25) is 5.78 Å². The smallest absolute Gasteiger partial charge is 0.209 e. The summed E-state index contributed by atoms with van der Waals surface area (Å²) in [6.07, 6.45) is 2.06. The molecule has 1 rings (SSSR count). The summed E-state index contributed by atoms with van der Waals surface area (Å²) < 4.78 is 0. The molecule has 0 atom stereocenters. The molecule has 0 radical (unpaired) electrons. The quantitative estimate of drug-likeness (QED) is 0.305. The Kier molecular flexibility index (Phi) is 2.95. The van der Waals surface area contributed by atoms with E-state index in [1.54, 1.807) is 0 Å². The molecule has 0 aromatic heterocycles. The average molecular weight is 162 g/mol. The van der Waals surface area contributed by atoms with Crippen molar-refractivity contribution in [2.75, 3.05) is 0 Å². The van der Waals surface area contributed by atoms with Gasteiger partial charge in [0, 0.05) is 5.92 Å². The minimum absolute atomic E-state index is 0.0806. The van der Waals surface area contributed by atoms with Gasteiger partial charge in [-0.15, -0.1) is 5.54 Å². The molecule has 56 valence electrons. The summed E-state index contributed by atoms with van der Waals surface area (Å²) in [6, 6.07) is 0. The summed E-state index contributed by atoms with van der Waals surface area (Å²) >= 11 is 0. The molecule has 1 aliphatic carbocycles. The Morgan fingerprint density at radius 3 is 2.73 bits per heavy atom. The molecule has 1 aliphatic rings. The lowest BCUT2D eigenvalue weighted by Crippen LogP contribution is -1.93. The van der Waals surface area contributed by atoms with Gasteiger partial charge >= 0.3 is 0 Å². The first kappa shape index (κ1) is 8.11. The Morgan fingerprint density at radius 2 is 2.18 bits per heavy atom. The van der Waals surface area contributed by atoms with Gasteiger partial charge in [-0.1, -0.05) is 6.55 Å². The summed E-state index contributed by atoms with van der Waals surface area (Å²) in [7, 11) is -0.210. The molecule has 11 heavy (non-hydrogen) atoms. The molecule has 1 fully saturated rings. The van der Waals surface area contributed by atoms with Crippen molar-refractivity contribution in [3.8, 4) is 23.3 Å². The second-order valence-electron chi connectivity index (χ2n) is 2.54. The number of carbonyl (C=O) groups excluding carboxylic acids is 1. The first-order valence-electron chi connectivity index (χ1n) is 3.87. The largest absolute Gasteiger partial charge is 0.285 e. The maximum atomic E-state index is 10.9. The third kappa shape index (κ3) is 3.07. The molecule has 0 saturated heterocycles. The summed E-state index contributed by atoms with van der Waals surface area (Å²) in [4.78, 5) is 10.9. The van der Waals surface area contributed by atoms with Crippen molar-refractivity contribution >= 4 is 15.3 Å². The van der Waals surface area contributed by atoms with E-state index in [4.69, 9.17) is 0 Å². The fourth-order valence-corrected chi connectivity index (χ4v) is 0.938. The molecule has 0 N–H and O–H groups in total. The summed E-state index contributed by atoms with van der Waals surface area (Å²) in [6.45, 7) is 2.09. The molecule has 0 spiro atoms. The molecule has 0 aromatic rings. The van der Waals surface area contributed by atoms with E-state index < -0.39 is 0 Å². The monoisotopic (exact) mass is 162 g/mol. The minimum atomic E-state index is -0.210. The third-order valence-electron chi connectivity index (χ3n) is 1.46. The zero-order valence-electron chi connectivity index (χ0n) is 6.61. The van der Waals surface area contributed by atoms with Gasteiger partial charge in [-0.25, -0.2) is 0 Å². The third-order valence-corrected chi connectivity index (χ3v) is 1.99. The van der Waals surface area contributed by atoms with Crippen LogP contribution in [0, 0.1) is 29.2 Å². The maximum Gasteiger partial charge on any atom is 0.209 e. The molecule has 0 bridgehead atoms. The SMILES string of the molecule is C[SiH2]C#CC#CC(=O)C1CC1. The summed E-state index contributed by atoms with van der Waals surface area (Å²) in [5.41, 5.74) is 2.93. The van der Waals surface area contributed by atoms with Crippen LogP contribution in [-0.4, -0.2) is 15.3 Å². The molecule has 0 unspecified atom stereocenters. The van der Waals surface area contributed by atoms with Crippen LogP contribution in [0.15, 0.2) is 0 Å². The Balaban J connectivity index is 2.36. The molecule has 1 nitrogen and oxygen atoms in total. The van der Waals surface area contributed by atoms with E-state index in [1.165, 1.54) is 0 Å². The standard InChI is InChI=1S/C9H10OSi/c1-11-7-3-2-4-9(10)8-5-6-8/h8H,5-6,11H2,1H3. The Bertz CT molecular complexity index is 267. The van der Waals surface area contributed by atoms with Crippen molar-refractivity contribution in [3.05, 3.63) is 0 Å². The van der Waals surface area contributed by atoms with Crippen LogP contribution >= 0.6 is 0 Å². The van der Waals surface area contributed by atoms with Crippen LogP contribution in [-0.2, 0) is 4.79 Å². The molecule has 0 aromatic carbocycles. The van der Waals surface area contributed by atoms with Crippen LogP contribution in [0.2, 0.25) is 6.55 Å². The van der Waals surface area contributed by atoms with Crippen molar-refractivity contribution in [2.45, 2.75) is 19.4 Å². The molecular weight excluding hydrogens is 152 g/mol. The maximum absolute atomic E-state index is 10.9. The van der Waals surface area contributed by atoms with E-state index in [-0.39, 0.29) is 21.2 Å². The van der Waals surface area contributed by atoms with Gasteiger partial charge in [-0.3, -0.25) is 4.79 Å². The van der Waals surface area contributed by atoms with Gasteiger partial charge in [0.15, 0.2) is 0 Å². The fraction of sp³-hybridized carbons (Fsp3) is 0.444. The van der Waals surface area contributed by atoms with Crippen LogP contribution in [0.3, 0.4) is 0 Å². The second kappa shape index (κ2) is 4.01. The van der Waals surface area contributed by atoms with Gasteiger partial charge in [0.25, 0.3) is 0 Å². The van der Waals surface area contributed by atoms with Gasteiger partial charge < -0.3 is 0 Å². The number of hydrogen-bond acceptors (Lipinski definition) is 1. The van der Waals surface area contributed by atoms with E-state index in [1.807, 2.05) is 0 Å².